The summed E-state index contributed by atoms with van der Waals surface area (Å²) >= 11 is 0. The zero-order valence-electron chi connectivity index (χ0n) is 14.1. The van der Waals surface area contributed by atoms with Crippen LogP contribution in [0.1, 0.15) is 5.56 Å². The summed E-state index contributed by atoms with van der Waals surface area (Å²) in [6.45, 7) is 0. The summed E-state index contributed by atoms with van der Waals surface area (Å²) in [5.74, 6) is -0.579. The summed E-state index contributed by atoms with van der Waals surface area (Å²) in [5, 5.41) is 1.95. The normalized spacial score (nSPS) is 15.0. The van der Waals surface area contributed by atoms with E-state index in [0.29, 0.717) is 11.3 Å². The molecule has 2 aromatic carbocycles. The number of nitrogens with zero attached hydrogens (tertiary/aromatic N) is 2. The van der Waals surface area contributed by atoms with Crippen molar-refractivity contribution in [3.8, 4) is 0 Å². The molecule has 0 spiro atoms. The van der Waals surface area contributed by atoms with Crippen LogP contribution in [0.15, 0.2) is 67.0 Å². The van der Waals surface area contributed by atoms with Crippen LogP contribution in [0.5, 0.6) is 0 Å². The molecule has 126 valence electrons. The van der Waals surface area contributed by atoms with Crippen molar-refractivity contribution in [3.63, 3.8) is 0 Å². The topological polar surface area (TPSA) is 58.1 Å². The predicted molar refractivity (Wildman–Crippen MR) is 101 cm³/mol. The summed E-state index contributed by atoms with van der Waals surface area (Å²) in [6.07, 6.45) is 3.65. The van der Waals surface area contributed by atoms with Crippen molar-refractivity contribution in [3.05, 3.63) is 72.6 Å². The largest absolute Gasteiger partial charge is 0.361 e. The molecule has 5 heteroatoms. The number of amides is 2. The van der Waals surface area contributed by atoms with Crippen LogP contribution in [0.4, 0.5) is 0 Å². The monoisotopic (exact) mass is 341 g/mol. The van der Waals surface area contributed by atoms with Gasteiger partial charge in [0.1, 0.15) is 5.70 Å². The standard InChI is InChI=1S/C21H15N3O2/c1-23-20(25)18(15-12-22-16-8-4-3-7-14(15)16)19(21(23)26)24-11-10-13-6-2-5-9-17(13)24/h2-12,22H,1H3. The van der Waals surface area contributed by atoms with Gasteiger partial charge in [-0.25, -0.2) is 0 Å². The first kappa shape index (κ1) is 14.7. The molecule has 1 N–H and O–H groups in total. The lowest BCUT2D eigenvalue weighted by Gasteiger charge is -2.08. The third kappa shape index (κ3) is 1.85. The number of fused-ring (bicyclic) bond motifs is 2. The van der Waals surface area contributed by atoms with Gasteiger partial charge in [0.2, 0.25) is 0 Å². The number of likely N-dealkylation sites (N-methyl/N-ethyl adjacent to an activating group) is 1. The average molecular weight is 341 g/mol. The van der Waals surface area contributed by atoms with E-state index in [2.05, 4.69) is 4.98 Å². The summed E-state index contributed by atoms with van der Waals surface area (Å²) < 4.78 is 1.82. The first-order valence-electron chi connectivity index (χ1n) is 8.36. The lowest BCUT2D eigenvalue weighted by Crippen LogP contribution is -2.27. The number of H-pyrrole nitrogens is 1. The van der Waals surface area contributed by atoms with E-state index in [1.165, 1.54) is 11.9 Å². The minimum atomic E-state index is -0.295. The third-order valence-corrected chi connectivity index (χ3v) is 4.96. The Bertz CT molecular complexity index is 1150. The summed E-state index contributed by atoms with van der Waals surface area (Å²) in [6, 6.07) is 17.5. The van der Waals surface area contributed by atoms with Gasteiger partial charge in [0.05, 0.1) is 11.1 Å². The molecule has 0 bridgehead atoms. The molecule has 2 aromatic heterocycles. The molecule has 1 aliphatic heterocycles. The van der Waals surface area contributed by atoms with Gasteiger partial charge < -0.3 is 9.55 Å². The van der Waals surface area contributed by atoms with Crippen molar-refractivity contribution in [2.45, 2.75) is 0 Å². The van der Waals surface area contributed by atoms with Crippen LogP contribution in [0.3, 0.4) is 0 Å². The minimum Gasteiger partial charge on any atom is -0.361 e. The molecule has 0 saturated carbocycles. The molecule has 0 atom stereocenters. The molecule has 26 heavy (non-hydrogen) atoms. The quantitative estimate of drug-likeness (QED) is 0.568. The van der Waals surface area contributed by atoms with Crippen LogP contribution in [-0.2, 0) is 9.59 Å². The first-order chi connectivity index (χ1) is 12.7. The van der Waals surface area contributed by atoms with Gasteiger partial charge in [-0.3, -0.25) is 14.5 Å². The van der Waals surface area contributed by atoms with E-state index >= 15 is 0 Å². The molecule has 5 rings (SSSR count). The highest BCUT2D eigenvalue weighted by Crippen LogP contribution is 2.36. The SMILES string of the molecule is CN1C(=O)C(c2c[nH]c3ccccc23)=C(n2ccc3ccccc32)C1=O. The highest BCUT2D eigenvalue weighted by Gasteiger charge is 2.38. The minimum absolute atomic E-state index is 0.285. The third-order valence-electron chi connectivity index (χ3n) is 4.96. The van der Waals surface area contributed by atoms with Crippen molar-refractivity contribution in [1.82, 2.24) is 14.5 Å². The molecule has 0 fully saturated rings. The van der Waals surface area contributed by atoms with Crippen LogP contribution >= 0.6 is 0 Å². The van der Waals surface area contributed by atoms with Crippen LogP contribution in [0, 0.1) is 0 Å². The fourth-order valence-corrected chi connectivity index (χ4v) is 3.65. The number of carbonyl (C=O) groups excluding carboxylic acids is 2. The van der Waals surface area contributed by atoms with Crippen LogP contribution in [0.2, 0.25) is 0 Å². The van der Waals surface area contributed by atoms with Crippen LogP contribution in [0.25, 0.3) is 33.1 Å². The number of rotatable bonds is 2. The van der Waals surface area contributed by atoms with Gasteiger partial charge in [-0.1, -0.05) is 36.4 Å². The molecular weight excluding hydrogens is 326 g/mol. The summed E-state index contributed by atoms with van der Waals surface area (Å²) in [4.78, 5) is 30.2. The van der Waals surface area contributed by atoms with Gasteiger partial charge in [-0.15, -0.1) is 0 Å². The van der Waals surface area contributed by atoms with E-state index in [4.69, 9.17) is 0 Å². The Labute approximate surface area is 149 Å². The molecule has 0 radical (unpaired) electrons. The van der Waals surface area contributed by atoms with Crippen molar-refractivity contribution < 1.29 is 9.59 Å². The first-order valence-corrected chi connectivity index (χ1v) is 8.36. The van der Waals surface area contributed by atoms with Gasteiger partial charge in [-0.2, -0.15) is 0 Å². The predicted octanol–water partition coefficient (Wildman–Crippen LogP) is 3.49. The van der Waals surface area contributed by atoms with E-state index in [1.54, 1.807) is 6.20 Å². The lowest BCUT2D eigenvalue weighted by atomic mass is 10.0. The number of carbonyl (C=O) groups is 2. The van der Waals surface area contributed by atoms with Gasteiger partial charge in [0.25, 0.3) is 11.8 Å². The summed E-state index contributed by atoms with van der Waals surface area (Å²) in [5.41, 5.74) is 3.40. The van der Waals surface area contributed by atoms with Crippen molar-refractivity contribution in [2.75, 3.05) is 7.05 Å². The number of benzene rings is 2. The fraction of sp³-hybridized carbons (Fsp3) is 0.0476. The maximum absolute atomic E-state index is 12.9. The number of aromatic amines is 1. The Kier molecular flexibility index (Phi) is 2.94. The smallest absolute Gasteiger partial charge is 0.278 e. The zero-order valence-corrected chi connectivity index (χ0v) is 14.1. The van der Waals surface area contributed by atoms with Crippen LogP contribution < -0.4 is 0 Å². The Hall–Kier alpha value is -3.60. The van der Waals surface area contributed by atoms with E-state index in [0.717, 1.165) is 27.4 Å². The number of hydrogen-bond acceptors (Lipinski definition) is 2. The molecule has 2 amide bonds. The number of para-hydroxylation sites is 2. The summed E-state index contributed by atoms with van der Waals surface area (Å²) in [7, 11) is 1.53. The number of aromatic nitrogens is 2. The second-order valence-corrected chi connectivity index (χ2v) is 6.39. The zero-order chi connectivity index (χ0) is 17.8. The number of imide groups is 1. The molecule has 0 unspecified atom stereocenters. The van der Waals surface area contributed by atoms with Gasteiger partial charge >= 0.3 is 0 Å². The Morgan fingerprint density at radius 3 is 2.54 bits per heavy atom. The van der Waals surface area contributed by atoms with E-state index in [-0.39, 0.29) is 11.8 Å². The van der Waals surface area contributed by atoms with Gasteiger partial charge in [-0.05, 0) is 23.6 Å². The molecular formula is C21H15N3O2. The second kappa shape index (κ2) is 5.20. The fourth-order valence-electron chi connectivity index (χ4n) is 3.65. The van der Waals surface area contributed by atoms with Gasteiger partial charge in [0.15, 0.2) is 0 Å². The highest BCUT2D eigenvalue weighted by atomic mass is 16.2. The van der Waals surface area contributed by atoms with Crippen molar-refractivity contribution in [2.24, 2.45) is 0 Å². The van der Waals surface area contributed by atoms with E-state index in [9.17, 15) is 9.59 Å². The highest BCUT2D eigenvalue weighted by molar-refractivity contribution is 6.47. The number of nitrogens with one attached hydrogen (secondary N) is 1. The molecule has 4 aromatic rings. The maximum Gasteiger partial charge on any atom is 0.278 e. The second-order valence-electron chi connectivity index (χ2n) is 6.39. The molecule has 0 saturated heterocycles. The Balaban J connectivity index is 1.86. The molecule has 5 nitrogen and oxygen atoms in total. The molecule has 3 heterocycles. The molecule has 0 aliphatic carbocycles. The molecule has 1 aliphatic rings. The Morgan fingerprint density at radius 2 is 1.65 bits per heavy atom. The van der Waals surface area contributed by atoms with E-state index in [1.807, 2.05) is 65.4 Å². The van der Waals surface area contributed by atoms with Gasteiger partial charge in [0, 0.05) is 35.9 Å². The Morgan fingerprint density at radius 1 is 0.885 bits per heavy atom. The number of hydrogen-bond donors (Lipinski definition) is 1. The maximum atomic E-state index is 12.9. The van der Waals surface area contributed by atoms with Crippen LogP contribution in [-0.4, -0.2) is 33.3 Å². The lowest BCUT2D eigenvalue weighted by molar-refractivity contribution is -0.134. The van der Waals surface area contributed by atoms with E-state index < -0.39 is 0 Å². The van der Waals surface area contributed by atoms with Crippen molar-refractivity contribution in [1.29, 1.82) is 0 Å². The average Bonchev–Trinajstić information content (AvgIpc) is 3.33. The van der Waals surface area contributed by atoms with Crippen molar-refractivity contribution >= 4 is 44.9 Å².